The third kappa shape index (κ3) is 3.85. The fourth-order valence-corrected chi connectivity index (χ4v) is 4.98. The fourth-order valence-electron chi connectivity index (χ4n) is 3.49. The summed E-state index contributed by atoms with van der Waals surface area (Å²) in [6.07, 6.45) is 0. The van der Waals surface area contributed by atoms with E-state index in [1.165, 1.54) is 0 Å². The average molecular weight is 413 g/mol. The van der Waals surface area contributed by atoms with Gasteiger partial charge in [-0.1, -0.05) is 36.4 Å². The van der Waals surface area contributed by atoms with E-state index in [-0.39, 0.29) is 24.0 Å². The van der Waals surface area contributed by atoms with Gasteiger partial charge >= 0.3 is 0 Å². The molecule has 0 bridgehead atoms. The van der Waals surface area contributed by atoms with Crippen LogP contribution in [0, 0.1) is 0 Å². The highest BCUT2D eigenvalue weighted by Gasteiger charge is 2.35. The Kier molecular flexibility index (Phi) is 4.61. The van der Waals surface area contributed by atoms with Crippen molar-refractivity contribution < 1.29 is 17.9 Å². The zero-order valence-corrected chi connectivity index (χ0v) is 17.4. The van der Waals surface area contributed by atoms with Crippen molar-refractivity contribution in [3.05, 3.63) is 53.7 Å². The maximum absolute atomic E-state index is 12.6. The molecule has 1 aromatic heterocycles. The van der Waals surface area contributed by atoms with Crippen molar-refractivity contribution >= 4 is 32.3 Å². The minimum atomic E-state index is -3.22. The zero-order valence-electron chi connectivity index (χ0n) is 16.6. The van der Waals surface area contributed by atoms with E-state index in [0.717, 1.165) is 10.8 Å². The number of hydrogen-bond acceptors (Lipinski definition) is 5. The quantitative estimate of drug-likeness (QED) is 0.709. The first-order valence-corrected chi connectivity index (χ1v) is 11.2. The molecule has 1 aliphatic rings. The Morgan fingerprint density at radius 3 is 2.62 bits per heavy atom. The monoisotopic (exact) mass is 413 g/mol. The zero-order chi connectivity index (χ0) is 20.8. The van der Waals surface area contributed by atoms with Gasteiger partial charge in [0.05, 0.1) is 22.7 Å². The molecule has 0 unspecified atom stereocenters. The number of amides is 1. The van der Waals surface area contributed by atoms with Crippen LogP contribution in [0.15, 0.2) is 42.5 Å². The number of carbonyl (C=O) groups excluding carboxylic acids is 1. The molecule has 0 atom stereocenters. The molecule has 0 saturated carbocycles. The molecule has 152 valence electrons. The molecule has 7 nitrogen and oxygen atoms in total. The summed E-state index contributed by atoms with van der Waals surface area (Å²) in [6.45, 7) is 5.66. The van der Waals surface area contributed by atoms with Gasteiger partial charge in [-0.15, -0.1) is 0 Å². The molecule has 1 amide bonds. The molecule has 1 aliphatic heterocycles. The maximum atomic E-state index is 12.6. The second kappa shape index (κ2) is 6.88. The van der Waals surface area contributed by atoms with Crippen LogP contribution in [0.5, 0.6) is 5.75 Å². The van der Waals surface area contributed by atoms with Crippen molar-refractivity contribution in [2.24, 2.45) is 0 Å². The number of ether oxygens (including phenoxy) is 1. The molecule has 0 fully saturated rings. The number of aromatic nitrogens is 2. The van der Waals surface area contributed by atoms with Crippen molar-refractivity contribution in [2.45, 2.75) is 37.8 Å². The number of hydrogen-bond donors (Lipinski definition) is 1. The van der Waals surface area contributed by atoms with Gasteiger partial charge < -0.3 is 10.1 Å². The van der Waals surface area contributed by atoms with Crippen molar-refractivity contribution in [1.82, 2.24) is 9.78 Å². The van der Waals surface area contributed by atoms with Gasteiger partial charge in [-0.2, -0.15) is 5.10 Å². The Morgan fingerprint density at radius 2 is 1.86 bits per heavy atom. The number of carbonyl (C=O) groups is 1. The van der Waals surface area contributed by atoms with E-state index in [9.17, 15) is 13.2 Å². The Hall–Kier alpha value is -2.87. The standard InChI is InChI=1S/C21H23N3O4S/c1-21(2,3)24-20(16-12-29(26,27)13-17(16)23-24)22-19(25)11-28-18-10-6-8-14-7-4-5-9-15(14)18/h4-10H,11-13H2,1-3H3,(H,22,25). The first kappa shape index (κ1) is 19.4. The predicted octanol–water partition coefficient (Wildman–Crippen LogP) is 3.24. The molecule has 8 heteroatoms. The van der Waals surface area contributed by atoms with Crippen molar-refractivity contribution in [2.75, 3.05) is 11.9 Å². The summed E-state index contributed by atoms with van der Waals surface area (Å²) in [5.74, 6) is 0.477. The fraction of sp³-hybridized carbons (Fsp3) is 0.333. The first-order chi connectivity index (χ1) is 13.6. The molecule has 0 saturated heterocycles. The predicted molar refractivity (Wildman–Crippen MR) is 112 cm³/mol. The molecule has 2 heterocycles. The Bertz CT molecular complexity index is 1200. The minimum absolute atomic E-state index is 0.0964. The van der Waals surface area contributed by atoms with Crippen LogP contribution >= 0.6 is 0 Å². The summed E-state index contributed by atoms with van der Waals surface area (Å²) in [4.78, 5) is 12.6. The first-order valence-electron chi connectivity index (χ1n) is 9.36. The average Bonchev–Trinajstić information content (AvgIpc) is 3.12. The van der Waals surface area contributed by atoms with Crippen molar-refractivity contribution in [1.29, 1.82) is 0 Å². The number of benzene rings is 2. The van der Waals surface area contributed by atoms with Gasteiger partial charge in [0, 0.05) is 10.9 Å². The van der Waals surface area contributed by atoms with Crippen LogP contribution in [0.1, 0.15) is 32.0 Å². The maximum Gasteiger partial charge on any atom is 0.263 e. The van der Waals surface area contributed by atoms with Crippen LogP contribution in [0.4, 0.5) is 5.82 Å². The highest BCUT2D eigenvalue weighted by Crippen LogP contribution is 2.34. The smallest absolute Gasteiger partial charge is 0.263 e. The summed E-state index contributed by atoms with van der Waals surface area (Å²) in [5, 5.41) is 9.23. The number of fused-ring (bicyclic) bond motifs is 2. The Labute approximate surface area is 169 Å². The van der Waals surface area contributed by atoms with Gasteiger partial charge in [-0.3, -0.25) is 4.79 Å². The van der Waals surface area contributed by atoms with E-state index in [1.807, 2.05) is 63.2 Å². The summed E-state index contributed by atoms with van der Waals surface area (Å²) in [5.41, 5.74) is 0.663. The minimum Gasteiger partial charge on any atom is -0.483 e. The van der Waals surface area contributed by atoms with Crippen LogP contribution < -0.4 is 10.1 Å². The van der Waals surface area contributed by atoms with E-state index in [1.54, 1.807) is 4.68 Å². The Balaban J connectivity index is 1.56. The molecule has 4 rings (SSSR count). The van der Waals surface area contributed by atoms with Gasteiger partial charge in [-0.25, -0.2) is 13.1 Å². The lowest BCUT2D eigenvalue weighted by Crippen LogP contribution is -2.29. The summed E-state index contributed by atoms with van der Waals surface area (Å²) >= 11 is 0. The molecule has 3 aromatic rings. The largest absolute Gasteiger partial charge is 0.483 e. The molecular weight excluding hydrogens is 390 g/mol. The molecule has 0 aliphatic carbocycles. The second-order valence-corrected chi connectivity index (χ2v) is 10.3. The number of nitrogens with one attached hydrogen (secondary N) is 1. The lowest BCUT2D eigenvalue weighted by molar-refractivity contribution is -0.118. The van der Waals surface area contributed by atoms with E-state index in [0.29, 0.717) is 22.8 Å². The highest BCUT2D eigenvalue weighted by molar-refractivity contribution is 7.90. The SMILES string of the molecule is CC(C)(C)n1nc2c(c1NC(=O)COc1cccc3ccccc13)CS(=O)(=O)C2. The number of anilines is 1. The molecule has 0 radical (unpaired) electrons. The van der Waals surface area contributed by atoms with Crippen molar-refractivity contribution in [3.63, 3.8) is 0 Å². The van der Waals surface area contributed by atoms with E-state index in [2.05, 4.69) is 10.4 Å². The van der Waals surface area contributed by atoms with Gasteiger partial charge in [0.1, 0.15) is 11.6 Å². The van der Waals surface area contributed by atoms with Gasteiger partial charge in [0.2, 0.25) is 0 Å². The molecule has 1 N–H and O–H groups in total. The molecule has 0 spiro atoms. The summed E-state index contributed by atoms with van der Waals surface area (Å²) < 4.78 is 31.4. The van der Waals surface area contributed by atoms with Crippen LogP contribution in [0.2, 0.25) is 0 Å². The second-order valence-electron chi connectivity index (χ2n) is 8.20. The van der Waals surface area contributed by atoms with E-state index in [4.69, 9.17) is 4.74 Å². The summed E-state index contributed by atoms with van der Waals surface area (Å²) in [6, 6.07) is 13.5. The number of rotatable bonds is 4. The number of nitrogens with zero attached hydrogens (tertiary/aromatic N) is 2. The summed E-state index contributed by atoms with van der Waals surface area (Å²) in [7, 11) is -3.22. The van der Waals surface area contributed by atoms with E-state index < -0.39 is 15.4 Å². The Morgan fingerprint density at radius 1 is 1.14 bits per heavy atom. The van der Waals surface area contributed by atoms with Gasteiger partial charge in [0.15, 0.2) is 16.4 Å². The van der Waals surface area contributed by atoms with Crippen LogP contribution in [0.25, 0.3) is 10.8 Å². The lowest BCUT2D eigenvalue weighted by atomic mass is 10.1. The van der Waals surface area contributed by atoms with Gasteiger partial charge in [-0.05, 0) is 32.2 Å². The molecule has 29 heavy (non-hydrogen) atoms. The van der Waals surface area contributed by atoms with Crippen LogP contribution in [-0.4, -0.2) is 30.7 Å². The van der Waals surface area contributed by atoms with Crippen LogP contribution in [0.3, 0.4) is 0 Å². The third-order valence-corrected chi connectivity index (χ3v) is 6.23. The normalized spacial score (nSPS) is 15.3. The lowest BCUT2D eigenvalue weighted by Gasteiger charge is -2.23. The third-order valence-electron chi connectivity index (χ3n) is 4.79. The topological polar surface area (TPSA) is 90.3 Å². The highest BCUT2D eigenvalue weighted by atomic mass is 32.2. The molecular formula is C21H23N3O4S. The van der Waals surface area contributed by atoms with Crippen molar-refractivity contribution in [3.8, 4) is 5.75 Å². The van der Waals surface area contributed by atoms with Crippen LogP contribution in [-0.2, 0) is 31.7 Å². The van der Waals surface area contributed by atoms with Gasteiger partial charge in [0.25, 0.3) is 5.91 Å². The van der Waals surface area contributed by atoms with E-state index >= 15 is 0 Å². The number of sulfone groups is 1. The molecule has 2 aromatic carbocycles.